The van der Waals surface area contributed by atoms with Crippen molar-refractivity contribution in [3.8, 4) is 0 Å². The molecule has 1 atom stereocenters. The maximum absolute atomic E-state index is 11.6. The molecule has 18 heavy (non-hydrogen) atoms. The summed E-state index contributed by atoms with van der Waals surface area (Å²) >= 11 is 3.38. The first-order valence-electron chi connectivity index (χ1n) is 5.95. The van der Waals surface area contributed by atoms with Crippen LogP contribution in [0, 0.1) is 0 Å². The van der Waals surface area contributed by atoms with Crippen molar-refractivity contribution in [3.63, 3.8) is 0 Å². The van der Waals surface area contributed by atoms with E-state index in [9.17, 15) is 4.79 Å². The SMILES string of the molecule is O=C(CC1COCCN1)OCc1cccc(Br)c1. The van der Waals surface area contributed by atoms with Crippen molar-refractivity contribution in [3.05, 3.63) is 34.3 Å². The number of benzene rings is 1. The number of hydrogen-bond donors (Lipinski definition) is 1. The van der Waals surface area contributed by atoms with Crippen molar-refractivity contribution in [2.75, 3.05) is 19.8 Å². The van der Waals surface area contributed by atoms with E-state index < -0.39 is 0 Å². The Morgan fingerprint density at radius 1 is 1.56 bits per heavy atom. The van der Waals surface area contributed by atoms with Crippen molar-refractivity contribution in [1.82, 2.24) is 5.32 Å². The van der Waals surface area contributed by atoms with Crippen molar-refractivity contribution in [2.45, 2.75) is 19.1 Å². The van der Waals surface area contributed by atoms with Gasteiger partial charge in [-0.2, -0.15) is 0 Å². The van der Waals surface area contributed by atoms with Gasteiger partial charge in [-0.3, -0.25) is 4.79 Å². The van der Waals surface area contributed by atoms with E-state index >= 15 is 0 Å². The third-order valence-corrected chi connectivity index (χ3v) is 3.19. The van der Waals surface area contributed by atoms with Crippen LogP contribution in [0.25, 0.3) is 0 Å². The highest BCUT2D eigenvalue weighted by Crippen LogP contribution is 2.12. The average molecular weight is 314 g/mol. The quantitative estimate of drug-likeness (QED) is 0.862. The molecule has 0 spiro atoms. The smallest absolute Gasteiger partial charge is 0.307 e. The fourth-order valence-corrected chi connectivity index (χ4v) is 2.25. The van der Waals surface area contributed by atoms with Crippen LogP contribution in [0.3, 0.4) is 0 Å². The number of nitrogens with one attached hydrogen (secondary N) is 1. The first-order valence-corrected chi connectivity index (χ1v) is 6.74. The van der Waals surface area contributed by atoms with E-state index in [1.807, 2.05) is 24.3 Å². The predicted octanol–water partition coefficient (Wildman–Crippen LogP) is 1.87. The number of halogens is 1. The zero-order valence-electron chi connectivity index (χ0n) is 10.0. The molecule has 0 amide bonds. The summed E-state index contributed by atoms with van der Waals surface area (Å²) < 4.78 is 11.5. The fourth-order valence-electron chi connectivity index (χ4n) is 1.80. The minimum absolute atomic E-state index is 0.0776. The van der Waals surface area contributed by atoms with E-state index in [1.54, 1.807) is 0 Å². The van der Waals surface area contributed by atoms with Gasteiger partial charge in [0.05, 0.1) is 19.6 Å². The Morgan fingerprint density at radius 3 is 3.17 bits per heavy atom. The van der Waals surface area contributed by atoms with E-state index in [1.165, 1.54) is 0 Å². The van der Waals surface area contributed by atoms with Gasteiger partial charge in [0, 0.05) is 17.1 Å². The lowest BCUT2D eigenvalue weighted by Crippen LogP contribution is -2.42. The van der Waals surface area contributed by atoms with Crippen LogP contribution in [0.15, 0.2) is 28.7 Å². The lowest BCUT2D eigenvalue weighted by molar-refractivity contribution is -0.146. The molecule has 1 aliphatic heterocycles. The average Bonchev–Trinajstić information content (AvgIpc) is 2.38. The maximum atomic E-state index is 11.6. The molecular formula is C13H16BrNO3. The second-order valence-corrected chi connectivity index (χ2v) is 5.14. The molecule has 5 heteroatoms. The van der Waals surface area contributed by atoms with Crippen LogP contribution < -0.4 is 5.32 Å². The number of carbonyl (C=O) groups is 1. The third-order valence-electron chi connectivity index (χ3n) is 2.70. The summed E-state index contributed by atoms with van der Waals surface area (Å²) in [6.45, 7) is 2.39. The molecule has 1 fully saturated rings. The summed E-state index contributed by atoms with van der Waals surface area (Å²) in [4.78, 5) is 11.6. The van der Waals surface area contributed by atoms with E-state index in [4.69, 9.17) is 9.47 Å². The lowest BCUT2D eigenvalue weighted by Gasteiger charge is -2.22. The molecule has 1 heterocycles. The van der Waals surface area contributed by atoms with Crippen LogP contribution in [0.1, 0.15) is 12.0 Å². The Hall–Kier alpha value is -0.910. The Balaban J connectivity index is 1.74. The number of esters is 1. The number of ether oxygens (including phenoxy) is 2. The van der Waals surface area contributed by atoms with E-state index in [2.05, 4.69) is 21.2 Å². The second-order valence-electron chi connectivity index (χ2n) is 4.22. The first-order chi connectivity index (χ1) is 8.74. The molecule has 0 bridgehead atoms. The minimum Gasteiger partial charge on any atom is -0.461 e. The molecule has 1 saturated heterocycles. The summed E-state index contributed by atoms with van der Waals surface area (Å²) in [5, 5.41) is 3.22. The molecule has 0 radical (unpaired) electrons. The Kier molecular flexibility index (Phi) is 5.16. The number of hydrogen-bond acceptors (Lipinski definition) is 4. The van der Waals surface area contributed by atoms with Crippen molar-refractivity contribution < 1.29 is 14.3 Å². The van der Waals surface area contributed by atoms with Gasteiger partial charge in [-0.1, -0.05) is 28.1 Å². The van der Waals surface area contributed by atoms with Gasteiger partial charge >= 0.3 is 5.97 Å². The monoisotopic (exact) mass is 313 g/mol. The van der Waals surface area contributed by atoms with Gasteiger partial charge in [-0.15, -0.1) is 0 Å². The van der Waals surface area contributed by atoms with E-state index in [0.29, 0.717) is 26.2 Å². The molecule has 1 unspecified atom stereocenters. The molecular weight excluding hydrogens is 298 g/mol. The molecule has 4 nitrogen and oxygen atoms in total. The molecule has 1 N–H and O–H groups in total. The van der Waals surface area contributed by atoms with Crippen LogP contribution in [0.4, 0.5) is 0 Å². The highest BCUT2D eigenvalue weighted by atomic mass is 79.9. The molecule has 1 aromatic rings. The van der Waals surface area contributed by atoms with Gasteiger partial charge in [0.15, 0.2) is 0 Å². The summed E-state index contributed by atoms with van der Waals surface area (Å²) in [7, 11) is 0. The molecule has 0 saturated carbocycles. The van der Waals surface area contributed by atoms with Crippen LogP contribution in [-0.2, 0) is 20.9 Å². The Morgan fingerprint density at radius 2 is 2.44 bits per heavy atom. The number of carbonyl (C=O) groups excluding carboxylic acids is 1. The normalized spacial score (nSPS) is 19.5. The number of rotatable bonds is 4. The van der Waals surface area contributed by atoms with Crippen molar-refractivity contribution >= 4 is 21.9 Å². The van der Waals surface area contributed by atoms with Crippen molar-refractivity contribution in [2.24, 2.45) is 0 Å². The highest BCUT2D eigenvalue weighted by Gasteiger charge is 2.17. The summed E-state index contributed by atoms with van der Waals surface area (Å²) in [5.41, 5.74) is 0.977. The second kappa shape index (κ2) is 6.87. The van der Waals surface area contributed by atoms with E-state index in [-0.39, 0.29) is 12.0 Å². The van der Waals surface area contributed by atoms with Crippen molar-refractivity contribution in [1.29, 1.82) is 0 Å². The standard InChI is InChI=1S/C13H16BrNO3/c14-11-3-1-2-10(6-11)8-18-13(16)7-12-9-17-5-4-15-12/h1-3,6,12,15H,4-5,7-9H2. The highest BCUT2D eigenvalue weighted by molar-refractivity contribution is 9.10. The van der Waals surface area contributed by atoms with Crippen LogP contribution >= 0.6 is 15.9 Å². The molecule has 1 aliphatic rings. The minimum atomic E-state index is -0.196. The fraction of sp³-hybridized carbons (Fsp3) is 0.462. The van der Waals surface area contributed by atoms with Gasteiger partial charge in [-0.05, 0) is 17.7 Å². The lowest BCUT2D eigenvalue weighted by atomic mass is 10.2. The summed E-state index contributed by atoms with van der Waals surface area (Å²) in [6, 6.07) is 7.81. The zero-order valence-corrected chi connectivity index (χ0v) is 11.6. The molecule has 0 aliphatic carbocycles. The Labute approximate surface area is 115 Å². The van der Waals surface area contributed by atoms with Gasteiger partial charge < -0.3 is 14.8 Å². The first kappa shape index (κ1) is 13.5. The van der Waals surface area contributed by atoms with Crippen LogP contribution in [0.5, 0.6) is 0 Å². The zero-order chi connectivity index (χ0) is 12.8. The third kappa shape index (κ3) is 4.40. The molecule has 1 aromatic carbocycles. The van der Waals surface area contributed by atoms with E-state index in [0.717, 1.165) is 16.6 Å². The Bertz CT molecular complexity index is 405. The molecule has 98 valence electrons. The summed E-state index contributed by atoms with van der Waals surface area (Å²) in [6.07, 6.45) is 0.355. The predicted molar refractivity (Wildman–Crippen MR) is 71.2 cm³/mol. The maximum Gasteiger partial charge on any atom is 0.307 e. The number of morpholine rings is 1. The summed E-state index contributed by atoms with van der Waals surface area (Å²) in [5.74, 6) is -0.196. The molecule has 0 aromatic heterocycles. The van der Waals surface area contributed by atoms with Gasteiger partial charge in [0.25, 0.3) is 0 Å². The largest absolute Gasteiger partial charge is 0.461 e. The van der Waals surface area contributed by atoms with Crippen LogP contribution in [0.2, 0.25) is 0 Å². The van der Waals surface area contributed by atoms with Crippen LogP contribution in [-0.4, -0.2) is 31.8 Å². The van der Waals surface area contributed by atoms with Gasteiger partial charge in [0.2, 0.25) is 0 Å². The topological polar surface area (TPSA) is 47.6 Å². The van der Waals surface area contributed by atoms with Gasteiger partial charge in [-0.25, -0.2) is 0 Å². The molecule has 2 rings (SSSR count). The van der Waals surface area contributed by atoms with Gasteiger partial charge in [0.1, 0.15) is 6.61 Å².